The quantitative estimate of drug-likeness (QED) is 0.654. The first-order chi connectivity index (χ1) is 5.58. The van der Waals surface area contributed by atoms with Gasteiger partial charge in [-0.1, -0.05) is 48.5 Å². The minimum absolute atomic E-state index is 0.0916. The van der Waals surface area contributed by atoms with Gasteiger partial charge >= 0.3 is 0 Å². The van der Waals surface area contributed by atoms with Crippen molar-refractivity contribution in [2.75, 3.05) is 0 Å². The normalized spacial score (nSPS) is 13.5. The summed E-state index contributed by atoms with van der Waals surface area (Å²) in [4.78, 5) is 11.6. The molecule has 0 aromatic heterocycles. The van der Waals surface area contributed by atoms with Crippen LogP contribution in [-0.2, 0) is 4.79 Å². The molecule has 78 valence electrons. The van der Waals surface area contributed by atoms with Crippen LogP contribution in [0.3, 0.4) is 0 Å². The number of carbonyl (C=O) groups is 1. The van der Waals surface area contributed by atoms with E-state index in [1.165, 1.54) is 0 Å². The summed E-state index contributed by atoms with van der Waals surface area (Å²) in [6, 6.07) is 0. The molecule has 0 spiro atoms. The Bertz CT molecular complexity index is 182. The van der Waals surface area contributed by atoms with Gasteiger partial charge in [-0.15, -0.1) is 0 Å². The summed E-state index contributed by atoms with van der Waals surface area (Å²) in [5, 5.41) is 0. The van der Waals surface area contributed by atoms with Crippen LogP contribution >= 0.6 is 0 Å². The van der Waals surface area contributed by atoms with E-state index in [2.05, 4.69) is 34.6 Å². The Balaban J connectivity index is 4.44. The smallest absolute Gasteiger partial charge is 0.135 e. The van der Waals surface area contributed by atoms with Crippen LogP contribution in [0.1, 0.15) is 54.9 Å². The van der Waals surface area contributed by atoms with Crippen LogP contribution in [0, 0.1) is 16.7 Å². The molecule has 0 radical (unpaired) electrons. The van der Waals surface area contributed by atoms with E-state index in [0.29, 0.717) is 12.2 Å². The van der Waals surface area contributed by atoms with Gasteiger partial charge in [-0.05, 0) is 10.8 Å². The van der Waals surface area contributed by atoms with Gasteiger partial charge in [-0.2, -0.15) is 0 Å². The van der Waals surface area contributed by atoms with Crippen LogP contribution in [0.25, 0.3) is 0 Å². The fourth-order valence-corrected chi connectivity index (χ4v) is 0.905. The highest BCUT2D eigenvalue weighted by atomic mass is 16.1. The summed E-state index contributed by atoms with van der Waals surface area (Å²) in [6.45, 7) is 14.9. The van der Waals surface area contributed by atoms with Gasteiger partial charge in [-0.3, -0.25) is 4.79 Å². The lowest BCUT2D eigenvalue weighted by Crippen LogP contribution is -2.33. The van der Waals surface area contributed by atoms with Crippen molar-refractivity contribution in [2.24, 2.45) is 16.7 Å². The molecule has 1 nitrogen and oxygen atoms in total. The molecular weight excluding hydrogens is 160 g/mol. The fourth-order valence-electron chi connectivity index (χ4n) is 0.905. The second kappa shape index (κ2) is 3.81. The van der Waals surface area contributed by atoms with Crippen LogP contribution in [0.2, 0.25) is 0 Å². The predicted molar refractivity (Wildman–Crippen MR) is 57.7 cm³/mol. The van der Waals surface area contributed by atoms with Crippen molar-refractivity contribution < 1.29 is 4.79 Å². The fraction of sp³-hybridized carbons (Fsp3) is 0.917. The topological polar surface area (TPSA) is 17.1 Å². The molecule has 0 aromatic rings. The molecule has 0 bridgehead atoms. The maximum Gasteiger partial charge on any atom is 0.135 e. The summed E-state index contributed by atoms with van der Waals surface area (Å²) < 4.78 is 0. The minimum Gasteiger partial charge on any atom is -0.299 e. The van der Waals surface area contributed by atoms with Gasteiger partial charge in [0.1, 0.15) is 5.78 Å². The minimum atomic E-state index is 0.0916. The lowest BCUT2D eigenvalue weighted by molar-refractivity contribution is -0.125. The van der Waals surface area contributed by atoms with Crippen LogP contribution in [0.15, 0.2) is 0 Å². The number of rotatable bonds is 3. The Hall–Kier alpha value is -0.330. The Kier molecular flexibility index (Phi) is 3.71. The summed E-state index contributed by atoms with van der Waals surface area (Å²) in [5.41, 5.74) is 0.284. The molecule has 0 atom stereocenters. The number of carbonyl (C=O) groups excluding carboxylic acids is 1. The van der Waals surface area contributed by atoms with Crippen molar-refractivity contribution in [1.82, 2.24) is 0 Å². The van der Waals surface area contributed by atoms with Crippen molar-refractivity contribution >= 4 is 5.78 Å². The molecule has 0 heterocycles. The van der Waals surface area contributed by atoms with Crippen molar-refractivity contribution in [3.63, 3.8) is 0 Å². The second-order valence-corrected chi connectivity index (χ2v) is 5.93. The first-order valence-electron chi connectivity index (χ1n) is 5.10. The molecule has 0 fully saturated rings. The summed E-state index contributed by atoms with van der Waals surface area (Å²) >= 11 is 0. The monoisotopic (exact) mass is 184 g/mol. The molecule has 13 heavy (non-hydrogen) atoms. The summed E-state index contributed by atoms with van der Waals surface area (Å²) in [7, 11) is 0. The number of ketones is 1. The van der Waals surface area contributed by atoms with Gasteiger partial charge in [-0.25, -0.2) is 0 Å². The second-order valence-electron chi connectivity index (χ2n) is 5.93. The van der Waals surface area contributed by atoms with Gasteiger partial charge in [0.05, 0.1) is 0 Å². The summed E-state index contributed by atoms with van der Waals surface area (Å²) in [5.74, 6) is 0.543. The molecular formula is C12H24O. The number of Topliss-reactive ketones (excluding diaryl/α,β-unsaturated/α-hetero) is 1. The molecule has 0 saturated carbocycles. The highest BCUT2D eigenvalue weighted by Gasteiger charge is 2.34. The van der Waals surface area contributed by atoms with Crippen LogP contribution in [0.5, 0.6) is 0 Å². The van der Waals surface area contributed by atoms with Crippen LogP contribution < -0.4 is 0 Å². The zero-order chi connectivity index (χ0) is 10.9. The Labute approximate surface area is 82.9 Å². The average molecular weight is 184 g/mol. The van der Waals surface area contributed by atoms with Gasteiger partial charge in [0, 0.05) is 12.3 Å². The molecule has 0 aliphatic heterocycles. The standard InChI is InChI=1S/C12H24O/c1-9(2)10(13)8-12(6,7)11(3,4)5/h9H,8H2,1-7H3. The first-order valence-corrected chi connectivity index (χ1v) is 5.10. The predicted octanol–water partition coefficient (Wildman–Crippen LogP) is 3.67. The van der Waals surface area contributed by atoms with Crippen molar-refractivity contribution in [1.29, 1.82) is 0 Å². The van der Waals surface area contributed by atoms with Crippen LogP contribution in [-0.4, -0.2) is 5.78 Å². The lowest BCUT2D eigenvalue weighted by atomic mass is 9.66. The van der Waals surface area contributed by atoms with Crippen molar-refractivity contribution in [3.8, 4) is 0 Å². The molecule has 0 unspecified atom stereocenters. The lowest BCUT2D eigenvalue weighted by Gasteiger charge is -2.38. The highest BCUT2D eigenvalue weighted by Crippen LogP contribution is 2.41. The molecule has 0 rings (SSSR count). The third-order valence-corrected chi connectivity index (χ3v) is 3.29. The zero-order valence-corrected chi connectivity index (χ0v) is 10.2. The third kappa shape index (κ3) is 3.50. The van der Waals surface area contributed by atoms with Crippen LogP contribution in [0.4, 0.5) is 0 Å². The Morgan fingerprint density at radius 3 is 1.69 bits per heavy atom. The molecule has 0 aliphatic rings. The Morgan fingerprint density at radius 2 is 1.46 bits per heavy atom. The van der Waals surface area contributed by atoms with Gasteiger partial charge in [0.25, 0.3) is 0 Å². The molecule has 0 amide bonds. The van der Waals surface area contributed by atoms with E-state index in [1.807, 2.05) is 13.8 Å². The SMILES string of the molecule is CC(C)C(=O)CC(C)(C)C(C)(C)C. The molecule has 0 N–H and O–H groups in total. The van der Waals surface area contributed by atoms with E-state index < -0.39 is 0 Å². The van der Waals surface area contributed by atoms with E-state index in [4.69, 9.17) is 0 Å². The van der Waals surface area contributed by atoms with Crippen molar-refractivity contribution in [3.05, 3.63) is 0 Å². The molecule has 0 aliphatic carbocycles. The van der Waals surface area contributed by atoms with E-state index in [-0.39, 0.29) is 16.7 Å². The maximum absolute atomic E-state index is 11.6. The van der Waals surface area contributed by atoms with Gasteiger partial charge < -0.3 is 0 Å². The van der Waals surface area contributed by atoms with E-state index >= 15 is 0 Å². The zero-order valence-electron chi connectivity index (χ0n) is 10.2. The summed E-state index contributed by atoms with van der Waals surface area (Å²) in [6.07, 6.45) is 0.689. The largest absolute Gasteiger partial charge is 0.299 e. The Morgan fingerprint density at radius 1 is 1.08 bits per heavy atom. The van der Waals surface area contributed by atoms with E-state index in [1.54, 1.807) is 0 Å². The average Bonchev–Trinajstić information content (AvgIpc) is 1.83. The molecule has 0 saturated heterocycles. The molecule has 0 aromatic carbocycles. The number of hydrogen-bond acceptors (Lipinski definition) is 1. The maximum atomic E-state index is 11.6. The van der Waals surface area contributed by atoms with Gasteiger partial charge in [0.2, 0.25) is 0 Å². The first kappa shape index (κ1) is 12.7. The number of hydrogen-bond donors (Lipinski definition) is 0. The third-order valence-electron chi connectivity index (χ3n) is 3.29. The highest BCUT2D eigenvalue weighted by molar-refractivity contribution is 5.80. The van der Waals surface area contributed by atoms with E-state index in [9.17, 15) is 4.79 Å². The van der Waals surface area contributed by atoms with Gasteiger partial charge in [0.15, 0.2) is 0 Å². The van der Waals surface area contributed by atoms with Crippen molar-refractivity contribution in [2.45, 2.75) is 54.9 Å². The van der Waals surface area contributed by atoms with E-state index in [0.717, 1.165) is 0 Å². The molecule has 1 heteroatoms.